The summed E-state index contributed by atoms with van der Waals surface area (Å²) in [5.41, 5.74) is 7.04. The lowest BCUT2D eigenvalue weighted by Gasteiger charge is -2.20. The average Bonchev–Trinajstić information content (AvgIpc) is 2.57. The molecule has 2 aromatic rings. The Labute approximate surface area is 167 Å². The van der Waals surface area contributed by atoms with E-state index in [1.165, 1.54) is 6.20 Å². The van der Waals surface area contributed by atoms with E-state index in [1.54, 1.807) is 39.0 Å². The summed E-state index contributed by atoms with van der Waals surface area (Å²) in [6.45, 7) is 5.13. The Morgan fingerprint density at radius 2 is 2.07 bits per heavy atom. The molecule has 1 heterocycles. The molecule has 1 aromatic carbocycles. The van der Waals surface area contributed by atoms with Crippen LogP contribution in [0.3, 0.4) is 0 Å². The van der Waals surface area contributed by atoms with Gasteiger partial charge in [-0.15, -0.1) is 0 Å². The number of hydrogen-bond acceptors (Lipinski definition) is 6. The second-order valence-electron chi connectivity index (χ2n) is 6.87. The number of aliphatic hydroxyl groups excluding tert-OH is 1. The first-order valence-electron chi connectivity index (χ1n) is 8.25. The second kappa shape index (κ2) is 8.84. The molecule has 1 unspecified atom stereocenters. The van der Waals surface area contributed by atoms with Gasteiger partial charge in [-0.1, -0.05) is 23.2 Å². The highest BCUT2D eigenvalue weighted by molar-refractivity contribution is 6.36. The van der Waals surface area contributed by atoms with Crippen molar-refractivity contribution in [3.63, 3.8) is 0 Å². The molecule has 1 amide bonds. The molecular formula is C18H22Cl2N4O3. The van der Waals surface area contributed by atoms with Crippen LogP contribution in [0.25, 0.3) is 11.3 Å². The molecule has 2 rings (SSSR count). The Morgan fingerprint density at radius 1 is 1.37 bits per heavy atom. The summed E-state index contributed by atoms with van der Waals surface area (Å²) in [6, 6.07) is 4.30. The molecule has 146 valence electrons. The highest BCUT2D eigenvalue weighted by Gasteiger charge is 2.19. The van der Waals surface area contributed by atoms with Gasteiger partial charge in [0.25, 0.3) is 0 Å². The second-order valence-corrected chi connectivity index (χ2v) is 7.72. The number of aromatic nitrogens is 2. The summed E-state index contributed by atoms with van der Waals surface area (Å²) in [7, 11) is 0. The number of carbonyl (C=O) groups is 1. The van der Waals surface area contributed by atoms with E-state index in [2.05, 4.69) is 15.3 Å². The number of nitrogens with one attached hydrogen (secondary N) is 1. The van der Waals surface area contributed by atoms with Gasteiger partial charge >= 0.3 is 6.09 Å². The summed E-state index contributed by atoms with van der Waals surface area (Å²) >= 11 is 12.2. The predicted molar refractivity (Wildman–Crippen MR) is 105 cm³/mol. The Morgan fingerprint density at radius 3 is 2.67 bits per heavy atom. The van der Waals surface area contributed by atoms with Gasteiger partial charge in [-0.2, -0.15) is 0 Å². The Balaban J connectivity index is 2.22. The fraction of sp³-hybridized carbons (Fsp3) is 0.389. The lowest BCUT2D eigenvalue weighted by molar-refractivity contribution is 0.0524. The van der Waals surface area contributed by atoms with Gasteiger partial charge in [-0.3, -0.25) is 0 Å². The molecular weight excluding hydrogens is 391 g/mol. The maximum atomic E-state index is 11.8. The van der Waals surface area contributed by atoms with Crippen LogP contribution in [0.2, 0.25) is 10.0 Å². The molecule has 9 heteroatoms. The maximum Gasteiger partial charge on any atom is 0.407 e. The first-order valence-corrected chi connectivity index (χ1v) is 9.01. The highest BCUT2D eigenvalue weighted by Crippen LogP contribution is 2.31. The van der Waals surface area contributed by atoms with E-state index < -0.39 is 17.7 Å². The van der Waals surface area contributed by atoms with Gasteiger partial charge in [0, 0.05) is 28.9 Å². The van der Waals surface area contributed by atoms with Gasteiger partial charge in [0.2, 0.25) is 0 Å². The molecule has 0 fully saturated rings. The number of ether oxygens (including phenoxy) is 1. The van der Waals surface area contributed by atoms with Gasteiger partial charge in [-0.05, 0) is 39.0 Å². The van der Waals surface area contributed by atoms with Gasteiger partial charge < -0.3 is 20.9 Å². The van der Waals surface area contributed by atoms with Crippen molar-refractivity contribution < 1.29 is 14.6 Å². The number of benzene rings is 1. The van der Waals surface area contributed by atoms with Gasteiger partial charge in [0.05, 0.1) is 23.4 Å². The normalized spacial score (nSPS) is 12.6. The topological polar surface area (TPSA) is 110 Å². The molecule has 27 heavy (non-hydrogen) atoms. The van der Waals surface area contributed by atoms with Crippen molar-refractivity contribution in [3.05, 3.63) is 45.8 Å². The van der Waals surface area contributed by atoms with Crippen LogP contribution in [0.5, 0.6) is 0 Å². The number of hydrogen-bond donors (Lipinski definition) is 3. The Hall–Kier alpha value is -1.93. The number of amides is 1. The third-order valence-corrected chi connectivity index (χ3v) is 3.98. The van der Waals surface area contributed by atoms with E-state index in [0.717, 1.165) is 0 Å². The monoisotopic (exact) mass is 412 g/mol. The molecule has 0 saturated heterocycles. The van der Waals surface area contributed by atoms with E-state index in [9.17, 15) is 9.90 Å². The van der Waals surface area contributed by atoms with E-state index in [0.29, 0.717) is 32.7 Å². The third-order valence-electron chi connectivity index (χ3n) is 3.44. The summed E-state index contributed by atoms with van der Waals surface area (Å²) in [4.78, 5) is 20.4. The minimum atomic E-state index is -0.671. The van der Waals surface area contributed by atoms with Crippen LogP contribution in [0, 0.1) is 0 Å². The fourth-order valence-corrected chi connectivity index (χ4v) is 2.73. The summed E-state index contributed by atoms with van der Waals surface area (Å²) in [5, 5.41) is 13.0. The number of nitrogens with zero attached hydrogens (tertiary/aromatic N) is 2. The number of aliphatic hydroxyl groups is 1. The molecule has 0 radical (unpaired) electrons. The number of halogens is 2. The molecule has 0 aliphatic rings. The number of rotatable bonds is 5. The summed E-state index contributed by atoms with van der Waals surface area (Å²) in [5.74, 6) is 0.296. The first kappa shape index (κ1) is 21.4. The predicted octanol–water partition coefficient (Wildman–Crippen LogP) is 3.47. The minimum absolute atomic E-state index is 0.0845. The zero-order chi connectivity index (χ0) is 20.2. The number of carbonyl (C=O) groups excluding carboxylic acids is 1. The number of alkyl carbamates (subject to hydrolysis) is 1. The van der Waals surface area contributed by atoms with Crippen LogP contribution in [0.15, 0.2) is 24.4 Å². The molecule has 0 spiro atoms. The van der Waals surface area contributed by atoms with Crippen molar-refractivity contribution in [2.45, 2.75) is 39.0 Å². The summed E-state index contributed by atoms with van der Waals surface area (Å²) in [6.07, 6.45) is 0.904. The lowest BCUT2D eigenvalue weighted by Crippen LogP contribution is -2.37. The number of nitrogens with two attached hydrogens (primary N) is 1. The van der Waals surface area contributed by atoms with Crippen LogP contribution in [-0.2, 0) is 11.3 Å². The van der Waals surface area contributed by atoms with Crippen molar-refractivity contribution in [1.82, 2.24) is 15.3 Å². The van der Waals surface area contributed by atoms with Crippen molar-refractivity contribution in [2.75, 3.05) is 6.54 Å². The van der Waals surface area contributed by atoms with Gasteiger partial charge in [0.1, 0.15) is 11.4 Å². The van der Waals surface area contributed by atoms with Gasteiger partial charge in [0.15, 0.2) is 0 Å². The SMILES string of the molecule is CC(C)(C)OC(=O)NCC(N)c1ncc(CO)c(-c2ccc(Cl)cc2Cl)n1. The Bertz CT molecular complexity index is 825. The van der Waals surface area contributed by atoms with Crippen molar-refractivity contribution in [3.8, 4) is 11.3 Å². The van der Waals surface area contributed by atoms with E-state index in [-0.39, 0.29) is 13.2 Å². The zero-order valence-electron chi connectivity index (χ0n) is 15.3. The molecule has 0 aliphatic heterocycles. The lowest BCUT2D eigenvalue weighted by atomic mass is 10.1. The molecule has 0 saturated carbocycles. The standard InChI is InChI=1S/C18H22Cl2N4O3/c1-18(2,3)27-17(26)23-8-14(21)16-22-7-10(9-25)15(24-16)12-5-4-11(19)6-13(12)20/h4-7,14,25H,8-9,21H2,1-3H3,(H,23,26). The molecule has 1 aromatic heterocycles. The molecule has 0 bridgehead atoms. The van der Waals surface area contributed by atoms with E-state index >= 15 is 0 Å². The fourth-order valence-electron chi connectivity index (χ4n) is 2.23. The average molecular weight is 413 g/mol. The van der Waals surface area contributed by atoms with Crippen LogP contribution < -0.4 is 11.1 Å². The zero-order valence-corrected chi connectivity index (χ0v) is 16.8. The van der Waals surface area contributed by atoms with Gasteiger partial charge in [-0.25, -0.2) is 14.8 Å². The van der Waals surface area contributed by atoms with Crippen LogP contribution >= 0.6 is 23.2 Å². The molecule has 0 aliphatic carbocycles. The van der Waals surface area contributed by atoms with E-state index in [4.69, 9.17) is 33.7 Å². The maximum absolute atomic E-state index is 11.8. The summed E-state index contributed by atoms with van der Waals surface area (Å²) < 4.78 is 5.17. The smallest absolute Gasteiger partial charge is 0.407 e. The molecule has 4 N–H and O–H groups in total. The largest absolute Gasteiger partial charge is 0.444 e. The van der Waals surface area contributed by atoms with Crippen LogP contribution in [0.4, 0.5) is 4.79 Å². The quantitative estimate of drug-likeness (QED) is 0.693. The third kappa shape index (κ3) is 6.04. The van der Waals surface area contributed by atoms with Crippen molar-refractivity contribution in [1.29, 1.82) is 0 Å². The van der Waals surface area contributed by atoms with E-state index in [1.807, 2.05) is 0 Å². The highest BCUT2D eigenvalue weighted by atomic mass is 35.5. The minimum Gasteiger partial charge on any atom is -0.444 e. The first-order chi connectivity index (χ1) is 12.6. The molecule has 1 atom stereocenters. The van der Waals surface area contributed by atoms with Crippen LogP contribution in [-0.4, -0.2) is 33.3 Å². The van der Waals surface area contributed by atoms with Crippen LogP contribution in [0.1, 0.15) is 38.2 Å². The van der Waals surface area contributed by atoms with Crippen molar-refractivity contribution >= 4 is 29.3 Å². The van der Waals surface area contributed by atoms with Crippen molar-refractivity contribution in [2.24, 2.45) is 5.73 Å². The molecule has 7 nitrogen and oxygen atoms in total. The Kier molecular flexibility index (Phi) is 7.00.